The van der Waals surface area contributed by atoms with Crippen molar-refractivity contribution in [2.45, 2.75) is 50.0 Å². The van der Waals surface area contributed by atoms with Crippen molar-refractivity contribution in [3.05, 3.63) is 42.5 Å². The molecule has 2 aromatic rings. The van der Waals surface area contributed by atoms with Gasteiger partial charge >= 0.3 is 10.5 Å². The number of nitrogens with two attached hydrogens (primary N) is 1. The number of carbonyl (C=O) groups excluding carboxylic acids is 2. The summed E-state index contributed by atoms with van der Waals surface area (Å²) in [5, 5.41) is 12.0. The van der Waals surface area contributed by atoms with E-state index in [0.717, 1.165) is 24.6 Å². The summed E-state index contributed by atoms with van der Waals surface area (Å²) in [7, 11) is -6.87. The number of carbonyl (C=O) groups is 2. The van der Waals surface area contributed by atoms with Gasteiger partial charge in [0.05, 0.1) is 17.9 Å². The van der Waals surface area contributed by atoms with E-state index in [1.165, 1.54) is 17.0 Å². The van der Waals surface area contributed by atoms with E-state index in [1.54, 1.807) is 23.1 Å². The van der Waals surface area contributed by atoms with Gasteiger partial charge in [-0.05, 0) is 48.1 Å². The molecule has 1 fully saturated rings. The number of hydrogen-bond donors (Lipinski definition) is 4. The van der Waals surface area contributed by atoms with E-state index in [4.69, 9.17) is 11.1 Å². The third-order valence-electron chi connectivity index (χ3n) is 7.12. The summed E-state index contributed by atoms with van der Waals surface area (Å²) in [6.45, 7) is 3.41. The summed E-state index contributed by atoms with van der Waals surface area (Å²) in [6.07, 6.45) is 2.52. The van der Waals surface area contributed by atoms with E-state index in [2.05, 4.69) is 14.4 Å². The molecule has 2 atom stereocenters. The zero-order valence-corrected chi connectivity index (χ0v) is 25.3. The lowest BCUT2D eigenvalue weighted by Gasteiger charge is -2.33. The number of unbranched alkanes of at least 4 members (excludes halogenated alkanes) is 1. The molecule has 0 spiro atoms. The average Bonchev–Trinajstić information content (AvgIpc) is 2.96. The first-order valence-electron chi connectivity index (χ1n) is 13.9. The molecular formula is C27H39N7O6S2. The Hall–Kier alpha value is -3.56. The second-order valence-electron chi connectivity index (χ2n) is 10.3. The third kappa shape index (κ3) is 9.77. The summed E-state index contributed by atoms with van der Waals surface area (Å²) in [5.74, 6) is -1.14. The number of likely N-dealkylation sites (tertiary alicyclic amines) is 1. The molecular weight excluding hydrogens is 582 g/mol. The minimum Gasteiger partial charge on any atom is -0.370 e. The van der Waals surface area contributed by atoms with Gasteiger partial charge in [0.15, 0.2) is 5.96 Å². The first-order chi connectivity index (χ1) is 20.0. The fourth-order valence-corrected chi connectivity index (χ4v) is 6.33. The molecule has 13 nitrogen and oxygen atoms in total. The molecule has 1 aliphatic heterocycles. The van der Waals surface area contributed by atoms with E-state index in [9.17, 15) is 26.4 Å². The van der Waals surface area contributed by atoms with Crippen LogP contribution in [0, 0.1) is 11.3 Å². The van der Waals surface area contributed by atoms with Crippen molar-refractivity contribution < 1.29 is 26.4 Å². The zero-order chi connectivity index (χ0) is 30.7. The van der Waals surface area contributed by atoms with Crippen molar-refractivity contribution in [3.63, 3.8) is 0 Å². The van der Waals surface area contributed by atoms with Crippen LogP contribution in [-0.2, 0) is 30.1 Å². The van der Waals surface area contributed by atoms with Crippen molar-refractivity contribution >= 4 is 49.1 Å². The van der Waals surface area contributed by atoms with Gasteiger partial charge in [-0.15, -0.1) is 0 Å². The predicted molar refractivity (Wildman–Crippen MR) is 160 cm³/mol. The molecule has 5 N–H and O–H groups in total. The fraction of sp³-hybridized carbons (Fsp3) is 0.519. The Bertz CT molecular complexity index is 1510. The van der Waals surface area contributed by atoms with E-state index < -0.39 is 44.8 Å². The van der Waals surface area contributed by atoms with Gasteiger partial charge in [0, 0.05) is 32.7 Å². The minimum absolute atomic E-state index is 0.0282. The standard InChI is InChI=1S/C27H39N7O6S2/c1-2-3-13-33(15-12-31-41(37)38)26(36)24(17-25(35)30-18-20-7-6-14-34(19-20)27(28)29)32-42(39,40)23-11-10-21-8-4-5-9-22(21)16-23/h4-5,8-11,16,20,24,32H,2-3,6-7,12-15,17-19H2,1H3,(H3,28,29)(H,30,35). The second-order valence-corrected chi connectivity index (χ2v) is 12.7. The SMILES string of the molecule is CCCCN(CCN=S(=O)=O)C(=O)C(CC(=O)NCC1CCCN(C(=N)N)C1)NS(=O)(=O)c1ccc2ccccc2c1. The molecule has 1 aliphatic rings. The second kappa shape index (κ2) is 15.6. The summed E-state index contributed by atoms with van der Waals surface area (Å²) >= 11 is 0. The van der Waals surface area contributed by atoms with Gasteiger partial charge < -0.3 is 20.9 Å². The highest BCUT2D eigenvalue weighted by Crippen LogP contribution is 2.20. The number of sulfonamides is 1. The van der Waals surface area contributed by atoms with Crippen LogP contribution in [0.15, 0.2) is 51.7 Å². The first-order valence-corrected chi connectivity index (χ1v) is 16.4. The van der Waals surface area contributed by atoms with Gasteiger partial charge in [-0.25, -0.2) is 8.42 Å². The Kier molecular flexibility index (Phi) is 12.2. The number of guanidine groups is 1. The molecule has 2 aromatic carbocycles. The van der Waals surface area contributed by atoms with Crippen LogP contribution in [0.5, 0.6) is 0 Å². The zero-order valence-electron chi connectivity index (χ0n) is 23.7. The Balaban J connectivity index is 1.81. The normalized spacial score (nSPS) is 16.0. The van der Waals surface area contributed by atoms with E-state index in [0.29, 0.717) is 24.9 Å². The summed E-state index contributed by atoms with van der Waals surface area (Å²) in [4.78, 5) is 29.8. The Morgan fingerprint density at radius 3 is 2.62 bits per heavy atom. The van der Waals surface area contributed by atoms with Crippen LogP contribution in [0.25, 0.3) is 10.8 Å². The van der Waals surface area contributed by atoms with Crippen molar-refractivity contribution in [1.29, 1.82) is 5.41 Å². The monoisotopic (exact) mass is 621 g/mol. The van der Waals surface area contributed by atoms with E-state index in [-0.39, 0.29) is 43.0 Å². The highest BCUT2D eigenvalue weighted by Gasteiger charge is 2.32. The van der Waals surface area contributed by atoms with Gasteiger partial charge in [0.1, 0.15) is 6.04 Å². The van der Waals surface area contributed by atoms with E-state index >= 15 is 0 Å². The number of hydrogen-bond acceptors (Lipinski definition) is 8. The molecule has 0 aromatic heterocycles. The van der Waals surface area contributed by atoms with Gasteiger partial charge in [0.25, 0.3) is 0 Å². The molecule has 0 bridgehead atoms. The Labute approximate surface area is 248 Å². The topological polar surface area (TPSA) is 195 Å². The van der Waals surface area contributed by atoms with Gasteiger partial charge in [-0.1, -0.05) is 43.7 Å². The highest BCUT2D eigenvalue weighted by atomic mass is 32.2. The van der Waals surface area contributed by atoms with Crippen LogP contribution in [0.4, 0.5) is 0 Å². The molecule has 230 valence electrons. The number of piperidine rings is 1. The lowest BCUT2D eigenvalue weighted by Crippen LogP contribution is -2.51. The molecule has 1 heterocycles. The quantitative estimate of drug-likeness (QED) is 0.179. The Morgan fingerprint density at radius 1 is 1.19 bits per heavy atom. The van der Waals surface area contributed by atoms with Crippen molar-refractivity contribution in [2.75, 3.05) is 39.3 Å². The van der Waals surface area contributed by atoms with E-state index in [1.807, 2.05) is 19.1 Å². The van der Waals surface area contributed by atoms with Crippen LogP contribution >= 0.6 is 0 Å². The van der Waals surface area contributed by atoms with Crippen molar-refractivity contribution in [3.8, 4) is 0 Å². The fourth-order valence-electron chi connectivity index (χ4n) is 4.87. The Morgan fingerprint density at radius 2 is 1.93 bits per heavy atom. The average molecular weight is 622 g/mol. The molecule has 2 unspecified atom stereocenters. The molecule has 0 aliphatic carbocycles. The summed E-state index contributed by atoms with van der Waals surface area (Å²) < 4.78 is 54.6. The maximum absolute atomic E-state index is 13.7. The maximum atomic E-state index is 13.7. The van der Waals surface area contributed by atoms with Crippen LogP contribution in [0.1, 0.15) is 39.0 Å². The number of nitrogens with zero attached hydrogens (tertiary/aromatic N) is 3. The molecule has 3 rings (SSSR count). The lowest BCUT2D eigenvalue weighted by atomic mass is 9.98. The number of rotatable bonds is 14. The smallest absolute Gasteiger partial charge is 0.311 e. The van der Waals surface area contributed by atoms with Crippen molar-refractivity contribution in [1.82, 2.24) is 19.8 Å². The number of amides is 2. The molecule has 1 saturated heterocycles. The molecule has 0 saturated carbocycles. The van der Waals surface area contributed by atoms with Crippen LogP contribution in [0.3, 0.4) is 0 Å². The van der Waals surface area contributed by atoms with Gasteiger partial charge in [-0.3, -0.25) is 15.0 Å². The van der Waals surface area contributed by atoms with Crippen LogP contribution < -0.4 is 15.8 Å². The number of benzene rings is 2. The van der Waals surface area contributed by atoms with Crippen LogP contribution in [0.2, 0.25) is 0 Å². The van der Waals surface area contributed by atoms with Crippen LogP contribution in [-0.4, -0.2) is 89.7 Å². The molecule has 0 radical (unpaired) electrons. The lowest BCUT2D eigenvalue weighted by molar-refractivity contribution is -0.135. The largest absolute Gasteiger partial charge is 0.370 e. The number of nitrogens with one attached hydrogen (secondary N) is 3. The predicted octanol–water partition coefficient (Wildman–Crippen LogP) is 1.29. The highest BCUT2D eigenvalue weighted by molar-refractivity contribution is 7.89. The maximum Gasteiger partial charge on any atom is 0.311 e. The molecule has 2 amide bonds. The molecule has 42 heavy (non-hydrogen) atoms. The summed E-state index contributed by atoms with van der Waals surface area (Å²) in [6, 6.07) is 10.4. The molecule has 15 heteroatoms. The first kappa shape index (κ1) is 32.9. The van der Waals surface area contributed by atoms with Gasteiger partial charge in [-0.2, -0.15) is 17.5 Å². The van der Waals surface area contributed by atoms with Crippen molar-refractivity contribution in [2.24, 2.45) is 16.0 Å². The van der Waals surface area contributed by atoms with Gasteiger partial charge in [0.2, 0.25) is 21.8 Å². The number of fused-ring (bicyclic) bond motifs is 1. The minimum atomic E-state index is -4.23. The third-order valence-corrected chi connectivity index (χ3v) is 8.99. The summed E-state index contributed by atoms with van der Waals surface area (Å²) in [5.41, 5.74) is 5.61.